The molecule has 0 radical (unpaired) electrons. The molecule has 3 heterocycles. The zero-order chi connectivity index (χ0) is 24.9. The number of alkyl halides is 1. The van der Waals surface area contributed by atoms with Crippen LogP contribution in [0.5, 0.6) is 0 Å². The van der Waals surface area contributed by atoms with Gasteiger partial charge < -0.3 is 10.8 Å². The van der Waals surface area contributed by atoms with E-state index in [0.717, 1.165) is 16.3 Å². The van der Waals surface area contributed by atoms with Crippen LogP contribution >= 0.6 is 39.5 Å². The van der Waals surface area contributed by atoms with Gasteiger partial charge in [0.2, 0.25) is 0 Å². The Labute approximate surface area is 210 Å². The molecule has 0 amide bonds. The monoisotopic (exact) mass is 546 g/mol. The van der Waals surface area contributed by atoms with Gasteiger partial charge in [0, 0.05) is 47.9 Å². The number of carbonyl (C=O) groups excluding carboxylic acids is 1. The van der Waals surface area contributed by atoms with Gasteiger partial charge in [-0.3, -0.25) is 14.8 Å². The SMILES string of the molecule is CCO.N#CCC(N)=S.N#CCc1nc(-c2ccncc2)cs1.O=C(CBr)c1ccncc1. The zero-order valence-electron chi connectivity index (χ0n) is 17.9. The standard InChI is InChI=1S/C10H7N3S.C7H6BrNO.C3H4N2S.C2H6O/c11-4-1-10-13-9(7-14-10)8-2-5-12-6-3-8;8-5-7(10)6-1-3-9-4-2-6;4-2-1-3(5)6;1-2-3/h2-3,5-7H,1H2;1-4H,5H2;1H2,(H2,5,6);3H,2H2,1H3. The van der Waals surface area contributed by atoms with E-state index in [0.29, 0.717) is 17.3 Å². The highest BCUT2D eigenvalue weighted by Crippen LogP contribution is 2.20. The number of pyridine rings is 2. The summed E-state index contributed by atoms with van der Waals surface area (Å²) in [6.45, 7) is 1.93. The highest BCUT2D eigenvalue weighted by molar-refractivity contribution is 9.09. The molecule has 0 atom stereocenters. The first-order valence-electron chi connectivity index (χ1n) is 9.40. The topological polar surface area (TPSA) is 150 Å². The average Bonchev–Trinajstić information content (AvgIpc) is 3.30. The molecule has 11 heteroatoms. The summed E-state index contributed by atoms with van der Waals surface area (Å²) in [4.78, 5) is 23.3. The van der Waals surface area contributed by atoms with Crippen molar-refractivity contribution in [3.63, 3.8) is 0 Å². The number of nitrogens with zero attached hydrogens (tertiary/aromatic N) is 5. The predicted octanol–water partition coefficient (Wildman–Crippen LogP) is 4.12. The summed E-state index contributed by atoms with van der Waals surface area (Å²) >= 11 is 8.95. The maximum atomic E-state index is 10.9. The Kier molecular flexibility index (Phi) is 17.8. The molecule has 0 spiro atoms. The number of nitrogens with two attached hydrogens (primary N) is 1. The average molecular weight is 548 g/mol. The molecule has 0 saturated carbocycles. The number of aliphatic hydroxyl groups excluding tert-OH is 1. The van der Waals surface area contributed by atoms with Crippen LogP contribution in [0.15, 0.2) is 54.4 Å². The maximum Gasteiger partial charge on any atom is 0.173 e. The Balaban J connectivity index is 0.000000472. The number of hydrogen-bond acceptors (Lipinski definition) is 9. The smallest absolute Gasteiger partial charge is 0.173 e. The van der Waals surface area contributed by atoms with Crippen molar-refractivity contribution in [2.24, 2.45) is 5.73 Å². The Hall–Kier alpha value is -3.09. The summed E-state index contributed by atoms with van der Waals surface area (Å²) in [7, 11) is 0. The second kappa shape index (κ2) is 19.6. The number of ketones is 1. The normalized spacial score (nSPS) is 8.64. The molecule has 172 valence electrons. The van der Waals surface area contributed by atoms with Gasteiger partial charge in [0.15, 0.2) is 5.78 Å². The van der Waals surface area contributed by atoms with Crippen LogP contribution in [0.4, 0.5) is 0 Å². The number of hydrogen-bond donors (Lipinski definition) is 2. The predicted molar refractivity (Wildman–Crippen MR) is 137 cm³/mol. The molecule has 0 aliphatic rings. The van der Waals surface area contributed by atoms with E-state index in [4.69, 9.17) is 21.4 Å². The molecule has 0 saturated heterocycles. The number of halogens is 1. The van der Waals surface area contributed by atoms with Crippen LogP contribution in [0, 0.1) is 22.7 Å². The third-order valence-corrected chi connectivity index (χ3v) is 4.64. The number of thiazole rings is 1. The first kappa shape index (κ1) is 29.9. The van der Waals surface area contributed by atoms with Crippen LogP contribution in [0.2, 0.25) is 0 Å². The lowest BCUT2D eigenvalue weighted by molar-refractivity contribution is 0.102. The molecule has 0 aliphatic carbocycles. The number of aliphatic hydroxyl groups is 1. The summed E-state index contributed by atoms with van der Waals surface area (Å²) in [6.07, 6.45) is 7.26. The van der Waals surface area contributed by atoms with E-state index in [2.05, 4.69) is 49.2 Å². The first-order valence-corrected chi connectivity index (χ1v) is 11.8. The first-order chi connectivity index (χ1) is 15.9. The Bertz CT molecular complexity index is 1030. The molecule has 33 heavy (non-hydrogen) atoms. The molecular weight excluding hydrogens is 524 g/mol. The number of rotatable bonds is 5. The summed E-state index contributed by atoms with van der Waals surface area (Å²) in [5.74, 6) is 0.0856. The Morgan fingerprint density at radius 3 is 2.12 bits per heavy atom. The van der Waals surface area contributed by atoms with E-state index in [1.165, 1.54) is 11.3 Å². The van der Waals surface area contributed by atoms with E-state index in [9.17, 15) is 4.79 Å². The zero-order valence-corrected chi connectivity index (χ0v) is 21.1. The van der Waals surface area contributed by atoms with Crippen molar-refractivity contribution in [2.45, 2.75) is 19.8 Å². The highest BCUT2D eigenvalue weighted by Gasteiger charge is 2.03. The van der Waals surface area contributed by atoms with Crippen molar-refractivity contribution in [1.29, 1.82) is 10.5 Å². The minimum absolute atomic E-state index is 0.0856. The molecule has 0 aliphatic heterocycles. The lowest BCUT2D eigenvalue weighted by atomic mass is 10.2. The minimum Gasteiger partial charge on any atom is -0.397 e. The number of carbonyl (C=O) groups is 1. The third-order valence-electron chi connectivity index (χ3n) is 3.14. The van der Waals surface area contributed by atoms with Crippen LogP contribution in [0.3, 0.4) is 0 Å². The molecule has 0 aromatic carbocycles. The molecule has 3 aromatic heterocycles. The molecule has 0 unspecified atom stereocenters. The van der Waals surface area contributed by atoms with Gasteiger partial charge in [-0.1, -0.05) is 28.1 Å². The van der Waals surface area contributed by atoms with Crippen LogP contribution in [0.25, 0.3) is 11.3 Å². The molecule has 3 rings (SSSR count). The Morgan fingerprint density at radius 1 is 1.15 bits per heavy atom. The van der Waals surface area contributed by atoms with E-state index in [1.807, 2.05) is 17.5 Å². The fourth-order valence-electron chi connectivity index (χ4n) is 1.81. The van der Waals surface area contributed by atoms with Gasteiger partial charge >= 0.3 is 0 Å². The van der Waals surface area contributed by atoms with E-state index >= 15 is 0 Å². The van der Waals surface area contributed by atoms with Gasteiger partial charge in [0.05, 0.1) is 41.0 Å². The van der Waals surface area contributed by atoms with Crippen molar-refractivity contribution in [2.75, 3.05) is 11.9 Å². The largest absolute Gasteiger partial charge is 0.397 e. The van der Waals surface area contributed by atoms with Crippen LogP contribution in [-0.4, -0.2) is 42.8 Å². The molecule has 3 N–H and O–H groups in total. The van der Waals surface area contributed by atoms with Gasteiger partial charge in [0.1, 0.15) is 5.01 Å². The van der Waals surface area contributed by atoms with E-state index < -0.39 is 0 Å². The second-order valence-corrected chi connectivity index (χ2v) is 7.64. The van der Waals surface area contributed by atoms with Crippen molar-refractivity contribution >= 4 is 50.3 Å². The summed E-state index contributed by atoms with van der Waals surface area (Å²) in [5.41, 5.74) is 7.57. The summed E-state index contributed by atoms with van der Waals surface area (Å²) in [6, 6.07) is 11.1. The van der Waals surface area contributed by atoms with Crippen LogP contribution in [0.1, 0.15) is 28.7 Å². The number of Topliss-reactive ketones (excluding diaryl/α,β-unsaturated/α-hetero) is 1. The van der Waals surface area contributed by atoms with Gasteiger partial charge in [-0.05, 0) is 31.2 Å². The van der Waals surface area contributed by atoms with Crippen LogP contribution in [-0.2, 0) is 6.42 Å². The van der Waals surface area contributed by atoms with E-state index in [-0.39, 0.29) is 23.8 Å². The van der Waals surface area contributed by atoms with Crippen molar-refractivity contribution in [1.82, 2.24) is 15.0 Å². The van der Waals surface area contributed by atoms with Crippen molar-refractivity contribution < 1.29 is 9.90 Å². The third kappa shape index (κ3) is 14.6. The number of aromatic nitrogens is 3. The van der Waals surface area contributed by atoms with Crippen molar-refractivity contribution in [3.8, 4) is 23.4 Å². The summed E-state index contributed by atoms with van der Waals surface area (Å²) in [5, 5.41) is 27.1. The quantitative estimate of drug-likeness (QED) is 0.273. The van der Waals surface area contributed by atoms with Gasteiger partial charge in [-0.2, -0.15) is 10.5 Å². The minimum atomic E-state index is 0.0856. The lowest BCUT2D eigenvalue weighted by Crippen LogP contribution is -2.04. The van der Waals surface area contributed by atoms with Gasteiger partial charge in [-0.15, -0.1) is 11.3 Å². The lowest BCUT2D eigenvalue weighted by Gasteiger charge is -1.92. The second-order valence-electron chi connectivity index (χ2n) is 5.61. The molecule has 8 nitrogen and oxygen atoms in total. The fourth-order valence-corrected chi connectivity index (χ4v) is 2.93. The molecule has 0 bridgehead atoms. The number of nitriles is 2. The van der Waals surface area contributed by atoms with Gasteiger partial charge in [0.25, 0.3) is 0 Å². The fraction of sp³-hybridized carbons (Fsp3) is 0.227. The highest BCUT2D eigenvalue weighted by atomic mass is 79.9. The maximum absolute atomic E-state index is 10.9. The number of thiocarbonyl (C=S) groups is 1. The summed E-state index contributed by atoms with van der Waals surface area (Å²) < 4.78 is 0. The molecule has 0 fully saturated rings. The molecular formula is C22H23BrN6O2S2. The van der Waals surface area contributed by atoms with Crippen LogP contribution < -0.4 is 5.73 Å². The van der Waals surface area contributed by atoms with Gasteiger partial charge in [-0.25, -0.2) is 4.98 Å². The van der Waals surface area contributed by atoms with E-state index in [1.54, 1.807) is 49.9 Å². The molecule has 3 aromatic rings. The van der Waals surface area contributed by atoms with Crippen molar-refractivity contribution in [3.05, 3.63) is 65.0 Å². The Morgan fingerprint density at radius 2 is 1.70 bits per heavy atom.